The Kier molecular flexibility index (Phi) is 3.91. The second-order valence-corrected chi connectivity index (χ2v) is 4.49. The molecule has 3 aromatic rings. The van der Waals surface area contributed by atoms with Gasteiger partial charge in [0.15, 0.2) is 0 Å². The summed E-state index contributed by atoms with van der Waals surface area (Å²) in [6, 6.07) is 11.5. The van der Waals surface area contributed by atoms with Gasteiger partial charge >= 0.3 is 0 Å². The minimum Gasteiger partial charge on any atom is -0.481 e. The van der Waals surface area contributed by atoms with Crippen molar-refractivity contribution in [2.75, 3.05) is 12.4 Å². The monoisotopic (exact) mass is 296 g/mol. The van der Waals surface area contributed by atoms with Gasteiger partial charge in [0.25, 0.3) is 0 Å². The summed E-state index contributed by atoms with van der Waals surface area (Å²) in [5.74, 6) is 0.607. The molecule has 2 heterocycles. The molecule has 1 aromatic carbocycles. The third-order valence-corrected chi connectivity index (χ3v) is 2.98. The number of methoxy groups -OCH3 is 1. The Morgan fingerprint density at radius 3 is 2.73 bits per heavy atom. The molecule has 0 aliphatic heterocycles. The molecule has 2 aromatic heterocycles. The van der Waals surface area contributed by atoms with Crippen molar-refractivity contribution in [1.82, 2.24) is 15.0 Å². The first-order valence-electron chi connectivity index (χ1n) is 6.60. The smallest absolute Gasteiger partial charge is 0.227 e. The third-order valence-electron chi connectivity index (χ3n) is 2.98. The van der Waals surface area contributed by atoms with E-state index >= 15 is 0 Å². The van der Waals surface area contributed by atoms with E-state index in [1.54, 1.807) is 43.8 Å². The Labute approximate surface area is 126 Å². The lowest BCUT2D eigenvalue weighted by molar-refractivity contribution is 0.398. The van der Waals surface area contributed by atoms with Crippen LogP contribution in [0.3, 0.4) is 0 Å². The van der Waals surface area contributed by atoms with E-state index in [-0.39, 0.29) is 5.82 Å². The number of hydrogen-bond acceptors (Lipinski definition) is 5. The number of aromatic nitrogens is 3. The molecular weight excluding hydrogens is 283 g/mol. The van der Waals surface area contributed by atoms with Gasteiger partial charge in [0, 0.05) is 29.7 Å². The van der Waals surface area contributed by atoms with Crippen LogP contribution < -0.4 is 10.1 Å². The third kappa shape index (κ3) is 3.17. The predicted octanol–water partition coefficient (Wildman–Crippen LogP) is 3.43. The number of benzene rings is 1. The summed E-state index contributed by atoms with van der Waals surface area (Å²) in [4.78, 5) is 12.7. The highest BCUT2D eigenvalue weighted by Crippen LogP contribution is 2.20. The van der Waals surface area contributed by atoms with E-state index in [4.69, 9.17) is 4.74 Å². The number of anilines is 2. The zero-order chi connectivity index (χ0) is 15.4. The molecule has 0 radical (unpaired) electrons. The number of rotatable bonds is 4. The first kappa shape index (κ1) is 13.9. The molecule has 22 heavy (non-hydrogen) atoms. The maximum atomic E-state index is 13.2. The molecule has 0 spiro atoms. The Bertz CT molecular complexity index is 777. The maximum Gasteiger partial charge on any atom is 0.227 e. The van der Waals surface area contributed by atoms with Gasteiger partial charge in [0.05, 0.1) is 12.8 Å². The lowest BCUT2D eigenvalue weighted by atomic mass is 10.2. The second kappa shape index (κ2) is 6.17. The van der Waals surface area contributed by atoms with Crippen molar-refractivity contribution in [2.45, 2.75) is 0 Å². The standard InChI is InChI=1S/C16H13FN4O/c1-22-15-6-5-11(10-19-15)14-7-8-18-16(21-14)20-13-4-2-3-12(17)9-13/h2-10H,1H3,(H,18,20,21). The Hall–Kier alpha value is -3.02. The summed E-state index contributed by atoms with van der Waals surface area (Å²) in [5, 5.41) is 2.97. The first-order chi connectivity index (χ1) is 10.7. The van der Waals surface area contributed by atoms with Gasteiger partial charge < -0.3 is 10.1 Å². The van der Waals surface area contributed by atoms with E-state index in [1.807, 2.05) is 6.07 Å². The van der Waals surface area contributed by atoms with Gasteiger partial charge in [0.2, 0.25) is 11.8 Å². The van der Waals surface area contributed by atoms with Gasteiger partial charge in [-0.25, -0.2) is 19.3 Å². The van der Waals surface area contributed by atoms with Crippen LogP contribution >= 0.6 is 0 Å². The Balaban J connectivity index is 1.85. The van der Waals surface area contributed by atoms with E-state index in [2.05, 4.69) is 20.3 Å². The zero-order valence-corrected chi connectivity index (χ0v) is 11.8. The number of nitrogens with one attached hydrogen (secondary N) is 1. The van der Waals surface area contributed by atoms with Gasteiger partial charge in [-0.2, -0.15) is 0 Å². The molecule has 0 aliphatic rings. The Morgan fingerprint density at radius 1 is 1.09 bits per heavy atom. The summed E-state index contributed by atoms with van der Waals surface area (Å²) in [6.07, 6.45) is 3.31. The molecule has 0 aliphatic carbocycles. The highest BCUT2D eigenvalue weighted by Gasteiger charge is 2.04. The molecule has 3 rings (SSSR count). The number of nitrogens with zero attached hydrogens (tertiary/aromatic N) is 3. The summed E-state index contributed by atoms with van der Waals surface area (Å²) in [7, 11) is 1.56. The van der Waals surface area contributed by atoms with Crippen molar-refractivity contribution in [2.24, 2.45) is 0 Å². The average Bonchev–Trinajstić information content (AvgIpc) is 2.55. The van der Waals surface area contributed by atoms with Gasteiger partial charge in [-0.1, -0.05) is 6.07 Å². The largest absolute Gasteiger partial charge is 0.481 e. The number of halogens is 1. The molecule has 0 atom stereocenters. The molecule has 110 valence electrons. The lowest BCUT2D eigenvalue weighted by Gasteiger charge is -2.07. The quantitative estimate of drug-likeness (QED) is 0.799. The molecular formula is C16H13FN4O. The molecule has 0 amide bonds. The van der Waals surface area contributed by atoms with Crippen molar-refractivity contribution >= 4 is 11.6 Å². The zero-order valence-electron chi connectivity index (χ0n) is 11.8. The molecule has 0 fully saturated rings. The van der Waals surface area contributed by atoms with Gasteiger partial charge in [0.1, 0.15) is 5.82 Å². The van der Waals surface area contributed by atoms with Crippen molar-refractivity contribution in [3.8, 4) is 17.1 Å². The topological polar surface area (TPSA) is 59.9 Å². The average molecular weight is 296 g/mol. The van der Waals surface area contributed by atoms with Crippen LogP contribution in [0.5, 0.6) is 5.88 Å². The van der Waals surface area contributed by atoms with Gasteiger partial charge in [-0.15, -0.1) is 0 Å². The van der Waals surface area contributed by atoms with Crippen LogP contribution in [0.4, 0.5) is 16.0 Å². The fraction of sp³-hybridized carbons (Fsp3) is 0.0625. The van der Waals surface area contributed by atoms with Crippen LogP contribution in [0.1, 0.15) is 0 Å². The molecule has 0 saturated heterocycles. The summed E-state index contributed by atoms with van der Waals surface area (Å²) in [6.45, 7) is 0. The molecule has 0 unspecified atom stereocenters. The van der Waals surface area contributed by atoms with E-state index in [0.717, 1.165) is 5.56 Å². The minimum absolute atomic E-state index is 0.319. The van der Waals surface area contributed by atoms with Gasteiger partial charge in [-0.3, -0.25) is 0 Å². The van der Waals surface area contributed by atoms with Crippen LogP contribution in [-0.4, -0.2) is 22.1 Å². The van der Waals surface area contributed by atoms with Crippen LogP contribution in [-0.2, 0) is 0 Å². The van der Waals surface area contributed by atoms with E-state index in [0.29, 0.717) is 23.2 Å². The Morgan fingerprint density at radius 2 is 2.00 bits per heavy atom. The number of pyridine rings is 1. The lowest BCUT2D eigenvalue weighted by Crippen LogP contribution is -1.98. The molecule has 0 saturated carbocycles. The normalized spacial score (nSPS) is 10.3. The second-order valence-electron chi connectivity index (χ2n) is 4.49. The van der Waals surface area contributed by atoms with Crippen LogP contribution in [0.15, 0.2) is 54.9 Å². The predicted molar refractivity (Wildman–Crippen MR) is 81.5 cm³/mol. The molecule has 1 N–H and O–H groups in total. The van der Waals surface area contributed by atoms with Crippen molar-refractivity contribution < 1.29 is 9.13 Å². The molecule has 5 nitrogen and oxygen atoms in total. The molecule has 6 heteroatoms. The fourth-order valence-electron chi connectivity index (χ4n) is 1.93. The SMILES string of the molecule is COc1ccc(-c2ccnc(Nc3cccc(F)c3)n2)cn1. The maximum absolute atomic E-state index is 13.2. The van der Waals surface area contributed by atoms with Crippen LogP contribution in [0.2, 0.25) is 0 Å². The first-order valence-corrected chi connectivity index (χ1v) is 6.60. The molecule has 0 bridgehead atoms. The van der Waals surface area contributed by atoms with Crippen LogP contribution in [0.25, 0.3) is 11.3 Å². The number of hydrogen-bond donors (Lipinski definition) is 1. The van der Waals surface area contributed by atoms with E-state index in [1.165, 1.54) is 12.1 Å². The summed E-state index contributed by atoms with van der Waals surface area (Å²) in [5.41, 5.74) is 2.14. The van der Waals surface area contributed by atoms with E-state index in [9.17, 15) is 4.39 Å². The summed E-state index contributed by atoms with van der Waals surface area (Å²) >= 11 is 0. The highest BCUT2D eigenvalue weighted by atomic mass is 19.1. The minimum atomic E-state index is -0.319. The highest BCUT2D eigenvalue weighted by molar-refractivity contribution is 5.61. The van der Waals surface area contributed by atoms with Gasteiger partial charge in [-0.05, 0) is 30.3 Å². The van der Waals surface area contributed by atoms with E-state index < -0.39 is 0 Å². The number of ether oxygens (including phenoxy) is 1. The van der Waals surface area contributed by atoms with Crippen molar-refractivity contribution in [1.29, 1.82) is 0 Å². The van der Waals surface area contributed by atoms with Crippen molar-refractivity contribution in [3.05, 3.63) is 60.7 Å². The summed E-state index contributed by atoms with van der Waals surface area (Å²) < 4.78 is 18.2. The van der Waals surface area contributed by atoms with Crippen LogP contribution in [0, 0.1) is 5.82 Å². The fourth-order valence-corrected chi connectivity index (χ4v) is 1.93. The van der Waals surface area contributed by atoms with Crippen molar-refractivity contribution in [3.63, 3.8) is 0 Å².